The maximum atomic E-state index is 14.0. The van der Waals surface area contributed by atoms with E-state index in [0.29, 0.717) is 34.4 Å². The Hall–Kier alpha value is -5.14. The van der Waals surface area contributed by atoms with Crippen molar-refractivity contribution in [1.82, 2.24) is 28.7 Å². The van der Waals surface area contributed by atoms with Crippen molar-refractivity contribution in [1.29, 1.82) is 0 Å². The van der Waals surface area contributed by atoms with E-state index in [-0.39, 0.29) is 10.4 Å². The smallest absolute Gasteiger partial charge is 0.430 e. The van der Waals surface area contributed by atoms with Crippen LogP contribution in [0.2, 0.25) is 0 Å². The molecule has 6 aromatic rings. The topological polar surface area (TPSA) is 139 Å². The van der Waals surface area contributed by atoms with Crippen LogP contribution in [0.15, 0.2) is 72.5 Å². The Bertz CT molecular complexity index is 2200. The number of carbonyl (C=O) groups is 2. The van der Waals surface area contributed by atoms with E-state index in [1.165, 1.54) is 50.6 Å². The molecular formula is C34H29F6N7O4S2. The number of carboxylic acid groups (broad SMARTS) is 1. The molecule has 2 aromatic carbocycles. The number of aromatic nitrogens is 5. The van der Waals surface area contributed by atoms with E-state index >= 15 is 0 Å². The van der Waals surface area contributed by atoms with Crippen molar-refractivity contribution in [3.8, 4) is 28.0 Å². The van der Waals surface area contributed by atoms with E-state index in [9.17, 15) is 31.1 Å². The van der Waals surface area contributed by atoms with Gasteiger partial charge in [0.05, 0.1) is 35.9 Å². The first-order valence-electron chi connectivity index (χ1n) is 16.1. The van der Waals surface area contributed by atoms with Crippen LogP contribution in [0.5, 0.6) is 5.75 Å². The molecule has 7 rings (SSSR count). The zero-order chi connectivity index (χ0) is 37.8. The minimum Gasteiger partial charge on any atom is -0.542 e. The van der Waals surface area contributed by atoms with Crippen molar-refractivity contribution in [2.75, 3.05) is 26.2 Å². The second-order valence-electron chi connectivity index (χ2n) is 12.0. The minimum atomic E-state index is -5.19. The number of hydrogen-bond acceptors (Lipinski definition) is 10. The van der Waals surface area contributed by atoms with Crippen LogP contribution >= 0.6 is 23.1 Å². The standard InChI is InChI=1S/C32H28F3N7O2S2.C2HF3O2/c33-32(34,35)29(21-6-9-26-27(14-21)40-46-39-26)38-31(43)28-15-22(19-45-28)25-17-37-42-18-23(16-36-30(25)42)20-4-7-24(8-5-20)44-13-12-41-10-2-1-3-11-41;3-2(4,5)1(6)7/h4-9,14-19,29H,1-3,10-13H2,(H,38,43);(H,6,7). The number of quaternary nitrogens is 1. The van der Waals surface area contributed by atoms with E-state index in [0.717, 1.165) is 46.5 Å². The van der Waals surface area contributed by atoms with Gasteiger partial charge in [-0.05, 0) is 71.7 Å². The molecule has 0 spiro atoms. The lowest BCUT2D eigenvalue weighted by atomic mass is 10.1. The highest BCUT2D eigenvalue weighted by Gasteiger charge is 2.42. The Morgan fingerprint density at radius 2 is 1.64 bits per heavy atom. The summed E-state index contributed by atoms with van der Waals surface area (Å²) in [5.74, 6) is -3.01. The lowest BCUT2D eigenvalue weighted by Crippen LogP contribution is -3.13. The number of carbonyl (C=O) groups excluding carboxylic acids is 2. The summed E-state index contributed by atoms with van der Waals surface area (Å²) in [6.45, 7) is 4.15. The number of rotatable bonds is 9. The molecule has 0 bridgehead atoms. The molecule has 5 heterocycles. The summed E-state index contributed by atoms with van der Waals surface area (Å²) in [5.41, 5.74) is 4.41. The van der Waals surface area contributed by atoms with E-state index in [1.807, 2.05) is 30.5 Å². The maximum Gasteiger partial charge on any atom is 0.430 e. The summed E-state index contributed by atoms with van der Waals surface area (Å²) < 4.78 is 89.3. The van der Waals surface area contributed by atoms with Crippen LogP contribution in [0.1, 0.15) is 40.5 Å². The normalized spacial score (nSPS) is 14.5. The monoisotopic (exact) mass is 777 g/mol. The predicted molar refractivity (Wildman–Crippen MR) is 181 cm³/mol. The molecular weight excluding hydrogens is 749 g/mol. The molecule has 1 unspecified atom stereocenters. The highest BCUT2D eigenvalue weighted by atomic mass is 32.1. The van der Waals surface area contributed by atoms with Gasteiger partial charge < -0.3 is 24.9 Å². The number of aliphatic carboxylic acids is 1. The average Bonchev–Trinajstić information content (AvgIpc) is 3.90. The first kappa shape index (κ1) is 37.6. The fourth-order valence-corrected chi connectivity index (χ4v) is 7.04. The number of likely N-dealkylation sites (tertiary alicyclic amines) is 1. The van der Waals surface area contributed by atoms with Gasteiger partial charge in [-0.25, -0.2) is 9.50 Å². The van der Waals surface area contributed by atoms with E-state index in [1.54, 1.807) is 33.3 Å². The number of piperidine rings is 1. The first-order valence-corrected chi connectivity index (χ1v) is 17.7. The van der Waals surface area contributed by atoms with Crippen LogP contribution in [0.25, 0.3) is 38.9 Å². The summed E-state index contributed by atoms with van der Waals surface area (Å²) in [7, 11) is 0. The van der Waals surface area contributed by atoms with Gasteiger partial charge in [0.15, 0.2) is 11.7 Å². The Labute approximate surface area is 305 Å². The molecule has 53 heavy (non-hydrogen) atoms. The molecule has 11 nitrogen and oxygen atoms in total. The summed E-state index contributed by atoms with van der Waals surface area (Å²) >= 11 is 1.97. The van der Waals surface area contributed by atoms with Crippen molar-refractivity contribution in [3.05, 3.63) is 82.9 Å². The average molecular weight is 778 g/mol. The van der Waals surface area contributed by atoms with Crippen LogP contribution in [0, 0.1) is 0 Å². The van der Waals surface area contributed by atoms with Crippen LogP contribution in [-0.2, 0) is 4.79 Å². The second-order valence-corrected chi connectivity index (χ2v) is 13.5. The number of ether oxygens (including phenoxy) is 1. The van der Waals surface area contributed by atoms with Gasteiger partial charge in [0, 0.05) is 23.5 Å². The van der Waals surface area contributed by atoms with Crippen molar-refractivity contribution in [2.45, 2.75) is 37.7 Å². The number of fused-ring (bicyclic) bond motifs is 2. The van der Waals surface area contributed by atoms with Crippen molar-refractivity contribution in [3.63, 3.8) is 0 Å². The number of nitrogens with zero attached hydrogens (tertiary/aromatic N) is 5. The van der Waals surface area contributed by atoms with Gasteiger partial charge in [-0.15, -0.1) is 11.3 Å². The Kier molecular flexibility index (Phi) is 11.2. The summed E-state index contributed by atoms with van der Waals surface area (Å²) in [5, 5.41) is 17.1. The zero-order valence-electron chi connectivity index (χ0n) is 27.4. The van der Waals surface area contributed by atoms with E-state index in [4.69, 9.17) is 14.6 Å². The summed E-state index contributed by atoms with van der Waals surface area (Å²) in [6, 6.07) is 11.3. The summed E-state index contributed by atoms with van der Waals surface area (Å²) in [4.78, 5) is 28.2. The van der Waals surface area contributed by atoms with E-state index in [2.05, 4.69) is 24.1 Å². The third-order valence-corrected chi connectivity index (χ3v) is 9.89. The van der Waals surface area contributed by atoms with Crippen LogP contribution in [-0.4, -0.2) is 73.8 Å². The number of hydrogen-bond donors (Lipinski definition) is 2. The largest absolute Gasteiger partial charge is 0.542 e. The number of carboxylic acids is 1. The molecule has 0 aliphatic carbocycles. The number of halogens is 6. The zero-order valence-corrected chi connectivity index (χ0v) is 29.0. The van der Waals surface area contributed by atoms with Gasteiger partial charge in [-0.2, -0.15) is 40.2 Å². The fraction of sp³-hybridized carbons (Fsp3) is 0.294. The molecule has 1 saturated heterocycles. The Morgan fingerprint density at radius 1 is 0.925 bits per heavy atom. The molecule has 1 atom stereocenters. The van der Waals surface area contributed by atoms with Crippen molar-refractivity contribution in [2.24, 2.45) is 0 Å². The molecule has 1 fully saturated rings. The molecule has 0 saturated carbocycles. The molecule has 278 valence electrons. The second kappa shape index (κ2) is 15.8. The first-order chi connectivity index (χ1) is 25.3. The van der Waals surface area contributed by atoms with Crippen LogP contribution in [0.4, 0.5) is 26.3 Å². The Balaban J connectivity index is 0.000000626. The highest BCUT2D eigenvalue weighted by Crippen LogP contribution is 2.35. The lowest BCUT2D eigenvalue weighted by molar-refractivity contribution is -0.904. The minimum absolute atomic E-state index is 0.114. The summed E-state index contributed by atoms with van der Waals surface area (Å²) in [6.07, 6.45) is -0.737. The van der Waals surface area contributed by atoms with Crippen molar-refractivity contribution < 1.29 is 50.7 Å². The van der Waals surface area contributed by atoms with Gasteiger partial charge in [0.1, 0.15) is 35.9 Å². The number of thiophene rings is 1. The Morgan fingerprint density at radius 3 is 2.34 bits per heavy atom. The number of alkyl halides is 6. The third-order valence-electron chi connectivity index (χ3n) is 8.41. The third kappa shape index (κ3) is 9.27. The number of amides is 1. The van der Waals surface area contributed by atoms with Gasteiger partial charge in [0.2, 0.25) is 0 Å². The number of benzene rings is 2. The predicted octanol–water partition coefficient (Wildman–Crippen LogP) is 4.91. The molecule has 0 radical (unpaired) electrons. The lowest BCUT2D eigenvalue weighted by Gasteiger charge is -2.23. The molecule has 2 N–H and O–H groups in total. The molecule has 1 aliphatic rings. The van der Waals surface area contributed by atoms with Crippen molar-refractivity contribution >= 4 is 51.6 Å². The molecule has 1 aliphatic heterocycles. The molecule has 19 heteroatoms. The van der Waals surface area contributed by atoms with Gasteiger partial charge in [-0.3, -0.25) is 4.79 Å². The maximum absolute atomic E-state index is 14.0. The SMILES string of the molecule is O=C(NC(c1ccc2nsnc2c1)C(F)(F)F)c1cc(-c2cnn3cc(-c4ccc(OCC[NH+]5CCCCC5)cc4)cnc23)cs1.O=C([O-])C(F)(F)F. The van der Waals surface area contributed by atoms with Gasteiger partial charge >= 0.3 is 12.4 Å². The van der Waals surface area contributed by atoms with Crippen LogP contribution < -0.4 is 20.1 Å². The van der Waals surface area contributed by atoms with Gasteiger partial charge in [0.25, 0.3) is 5.91 Å². The van der Waals surface area contributed by atoms with Crippen LogP contribution in [0.3, 0.4) is 0 Å². The quantitative estimate of drug-likeness (QED) is 0.198. The fourth-order valence-electron chi connectivity index (χ4n) is 5.72. The van der Waals surface area contributed by atoms with Gasteiger partial charge in [-0.1, -0.05) is 18.2 Å². The number of nitrogens with one attached hydrogen (secondary N) is 2. The van der Waals surface area contributed by atoms with E-state index < -0.39 is 30.3 Å². The molecule has 4 aromatic heterocycles. The molecule has 1 amide bonds. The highest BCUT2D eigenvalue weighted by molar-refractivity contribution is 7.12.